The number of benzene rings is 1. The molecule has 1 amide bonds. The van der Waals surface area contributed by atoms with Gasteiger partial charge >= 0.3 is 0 Å². The van der Waals surface area contributed by atoms with Gasteiger partial charge in [0.15, 0.2) is 0 Å². The molecule has 22 heavy (non-hydrogen) atoms. The summed E-state index contributed by atoms with van der Waals surface area (Å²) in [4.78, 5) is 14.4. The van der Waals surface area contributed by atoms with Crippen LogP contribution in [0.15, 0.2) is 42.7 Å². The Balaban J connectivity index is 2.22. The maximum atomic E-state index is 12.7. The Morgan fingerprint density at radius 1 is 1.36 bits per heavy atom. The van der Waals surface area contributed by atoms with Gasteiger partial charge in [0.1, 0.15) is 0 Å². The second kappa shape index (κ2) is 6.75. The van der Waals surface area contributed by atoms with Crippen LogP contribution in [0.1, 0.15) is 36.2 Å². The van der Waals surface area contributed by atoms with Crippen molar-refractivity contribution in [1.82, 2.24) is 14.7 Å². The molecule has 0 saturated heterocycles. The second-order valence-corrected chi connectivity index (χ2v) is 5.90. The van der Waals surface area contributed by atoms with E-state index in [-0.39, 0.29) is 12.5 Å². The number of hydrogen-bond donors (Lipinski definition) is 1. The van der Waals surface area contributed by atoms with Gasteiger partial charge in [-0.05, 0) is 18.9 Å². The summed E-state index contributed by atoms with van der Waals surface area (Å²) in [6.45, 7) is 4.41. The molecule has 1 heterocycles. The zero-order valence-corrected chi connectivity index (χ0v) is 13.4. The van der Waals surface area contributed by atoms with Crippen LogP contribution < -0.4 is 0 Å². The molecule has 118 valence electrons. The largest absolute Gasteiger partial charge is 0.388 e. The van der Waals surface area contributed by atoms with Crippen molar-refractivity contribution in [1.29, 1.82) is 0 Å². The molecule has 1 N–H and O–H groups in total. The second-order valence-electron chi connectivity index (χ2n) is 5.90. The predicted octanol–water partition coefficient (Wildman–Crippen LogP) is 2.22. The van der Waals surface area contributed by atoms with E-state index < -0.39 is 5.60 Å². The molecule has 0 aliphatic rings. The third kappa shape index (κ3) is 4.18. The quantitative estimate of drug-likeness (QED) is 0.890. The Labute approximate surface area is 131 Å². The number of aryl methyl sites for hydroxylation is 1. The van der Waals surface area contributed by atoms with Crippen LogP contribution in [0.4, 0.5) is 0 Å². The predicted molar refractivity (Wildman–Crippen MR) is 85.3 cm³/mol. The Morgan fingerprint density at radius 3 is 2.59 bits per heavy atom. The maximum absolute atomic E-state index is 12.7. The smallest absolute Gasteiger partial charge is 0.257 e. The lowest BCUT2D eigenvalue weighted by atomic mass is 10.0. The molecule has 2 aromatic rings. The molecule has 0 unspecified atom stereocenters. The molecule has 5 heteroatoms. The molecule has 0 spiro atoms. The first-order chi connectivity index (χ1) is 10.4. The van der Waals surface area contributed by atoms with Gasteiger partial charge in [0, 0.05) is 26.3 Å². The standard InChI is InChI=1S/C17H23N3O2/c1-4-17(2,22)13-20(11-14-8-6-5-7-9-14)16(21)15-10-18-19(3)12-15/h5-10,12,22H,4,11,13H2,1-3H3/t17-/m0/s1. The lowest BCUT2D eigenvalue weighted by Crippen LogP contribution is -2.43. The molecule has 1 aromatic heterocycles. The van der Waals surface area contributed by atoms with Gasteiger partial charge in [0.05, 0.1) is 17.4 Å². The highest BCUT2D eigenvalue weighted by molar-refractivity contribution is 5.93. The number of hydrogen-bond acceptors (Lipinski definition) is 3. The van der Waals surface area contributed by atoms with Crippen molar-refractivity contribution in [3.05, 3.63) is 53.9 Å². The first-order valence-corrected chi connectivity index (χ1v) is 7.45. The van der Waals surface area contributed by atoms with Crippen molar-refractivity contribution >= 4 is 5.91 Å². The number of carbonyl (C=O) groups excluding carboxylic acids is 1. The molecule has 0 aliphatic heterocycles. The minimum absolute atomic E-state index is 0.120. The van der Waals surface area contributed by atoms with Gasteiger partial charge in [0.2, 0.25) is 0 Å². The van der Waals surface area contributed by atoms with Gasteiger partial charge in [-0.15, -0.1) is 0 Å². The Kier molecular flexibility index (Phi) is 4.98. The molecule has 0 saturated carbocycles. The normalized spacial score (nSPS) is 13.6. The zero-order chi connectivity index (χ0) is 16.2. The van der Waals surface area contributed by atoms with E-state index in [9.17, 15) is 9.90 Å². The van der Waals surface area contributed by atoms with Gasteiger partial charge in [-0.3, -0.25) is 9.48 Å². The van der Waals surface area contributed by atoms with E-state index in [1.807, 2.05) is 37.3 Å². The van der Waals surface area contributed by atoms with Gasteiger partial charge in [-0.1, -0.05) is 37.3 Å². The van der Waals surface area contributed by atoms with E-state index >= 15 is 0 Å². The third-order valence-electron chi connectivity index (χ3n) is 3.75. The summed E-state index contributed by atoms with van der Waals surface area (Å²) in [6.07, 6.45) is 3.83. The Bertz CT molecular complexity index is 620. The van der Waals surface area contributed by atoms with Gasteiger partial charge in [-0.25, -0.2) is 0 Å². The number of rotatable bonds is 6. The van der Waals surface area contributed by atoms with Crippen LogP contribution in [0.3, 0.4) is 0 Å². The van der Waals surface area contributed by atoms with E-state index in [1.165, 1.54) is 0 Å². The van der Waals surface area contributed by atoms with Crippen LogP contribution in [0.25, 0.3) is 0 Å². The van der Waals surface area contributed by atoms with E-state index in [2.05, 4.69) is 5.10 Å². The molecule has 0 radical (unpaired) electrons. The SMILES string of the molecule is CC[C@](C)(O)CN(Cc1ccccc1)C(=O)c1cnn(C)c1. The first kappa shape index (κ1) is 16.2. The Hall–Kier alpha value is -2.14. The summed E-state index contributed by atoms with van der Waals surface area (Å²) < 4.78 is 1.60. The average Bonchev–Trinajstić information content (AvgIpc) is 2.93. The molecule has 0 bridgehead atoms. The van der Waals surface area contributed by atoms with Crippen LogP contribution in [0.5, 0.6) is 0 Å². The highest BCUT2D eigenvalue weighted by Crippen LogP contribution is 2.16. The summed E-state index contributed by atoms with van der Waals surface area (Å²) in [7, 11) is 1.78. The number of amides is 1. The van der Waals surface area contributed by atoms with Crippen molar-refractivity contribution in [3.8, 4) is 0 Å². The van der Waals surface area contributed by atoms with Gasteiger partial charge in [0.25, 0.3) is 5.91 Å². The van der Waals surface area contributed by atoms with Crippen molar-refractivity contribution in [2.75, 3.05) is 6.54 Å². The van der Waals surface area contributed by atoms with Gasteiger partial charge in [-0.2, -0.15) is 5.10 Å². The van der Waals surface area contributed by atoms with E-state index in [0.29, 0.717) is 18.5 Å². The zero-order valence-electron chi connectivity index (χ0n) is 13.4. The first-order valence-electron chi connectivity index (χ1n) is 7.45. The van der Waals surface area contributed by atoms with E-state index in [0.717, 1.165) is 5.56 Å². The Morgan fingerprint density at radius 2 is 2.05 bits per heavy atom. The van der Waals surface area contributed by atoms with Gasteiger partial charge < -0.3 is 10.0 Å². The summed E-state index contributed by atoms with van der Waals surface area (Å²) in [5.41, 5.74) is 0.657. The van der Waals surface area contributed by atoms with Crippen LogP contribution in [0, 0.1) is 0 Å². The number of aromatic nitrogens is 2. The fourth-order valence-corrected chi connectivity index (χ4v) is 2.24. The summed E-state index contributed by atoms with van der Waals surface area (Å²) >= 11 is 0. The molecule has 1 aromatic carbocycles. The third-order valence-corrected chi connectivity index (χ3v) is 3.75. The molecule has 1 atom stereocenters. The number of aliphatic hydroxyl groups is 1. The van der Waals surface area contributed by atoms with Crippen molar-refractivity contribution in [2.24, 2.45) is 7.05 Å². The van der Waals surface area contributed by atoms with Crippen molar-refractivity contribution in [2.45, 2.75) is 32.4 Å². The van der Waals surface area contributed by atoms with Crippen LogP contribution in [-0.4, -0.2) is 37.8 Å². The van der Waals surface area contributed by atoms with Crippen molar-refractivity contribution < 1.29 is 9.90 Å². The van der Waals surface area contributed by atoms with E-state index in [1.54, 1.807) is 35.9 Å². The molecule has 5 nitrogen and oxygen atoms in total. The average molecular weight is 301 g/mol. The minimum Gasteiger partial charge on any atom is -0.388 e. The molecule has 0 aliphatic carbocycles. The monoisotopic (exact) mass is 301 g/mol. The maximum Gasteiger partial charge on any atom is 0.257 e. The van der Waals surface area contributed by atoms with Crippen LogP contribution >= 0.6 is 0 Å². The topological polar surface area (TPSA) is 58.4 Å². The lowest BCUT2D eigenvalue weighted by molar-refractivity contribution is 0.0135. The molecular formula is C17H23N3O2. The van der Waals surface area contributed by atoms with Crippen LogP contribution in [-0.2, 0) is 13.6 Å². The summed E-state index contributed by atoms with van der Waals surface area (Å²) in [5.74, 6) is -0.120. The number of carbonyl (C=O) groups is 1. The molecular weight excluding hydrogens is 278 g/mol. The number of nitrogens with zero attached hydrogens (tertiary/aromatic N) is 3. The summed E-state index contributed by atoms with van der Waals surface area (Å²) in [5, 5.41) is 14.4. The minimum atomic E-state index is -0.910. The highest BCUT2D eigenvalue weighted by atomic mass is 16.3. The van der Waals surface area contributed by atoms with Crippen molar-refractivity contribution in [3.63, 3.8) is 0 Å². The highest BCUT2D eigenvalue weighted by Gasteiger charge is 2.26. The summed E-state index contributed by atoms with van der Waals surface area (Å²) in [6, 6.07) is 9.79. The molecule has 0 fully saturated rings. The van der Waals surface area contributed by atoms with Crippen LogP contribution in [0.2, 0.25) is 0 Å². The molecule has 2 rings (SSSR count). The fraction of sp³-hybridized carbons (Fsp3) is 0.412. The fourth-order valence-electron chi connectivity index (χ4n) is 2.24. The lowest BCUT2D eigenvalue weighted by Gasteiger charge is -2.31. The van der Waals surface area contributed by atoms with E-state index in [4.69, 9.17) is 0 Å².